The zero-order valence-electron chi connectivity index (χ0n) is 18.5. The van der Waals surface area contributed by atoms with Gasteiger partial charge in [-0.1, -0.05) is 48.9 Å². The summed E-state index contributed by atoms with van der Waals surface area (Å²) in [5.41, 5.74) is 3.00. The van der Waals surface area contributed by atoms with Gasteiger partial charge < -0.3 is 4.74 Å². The second kappa shape index (κ2) is 10.8. The van der Waals surface area contributed by atoms with Gasteiger partial charge in [0.1, 0.15) is 0 Å². The number of carbonyl (C=O) groups excluding carboxylic acids is 2. The normalized spacial score (nSPS) is 25.0. The summed E-state index contributed by atoms with van der Waals surface area (Å²) in [4.78, 5) is 26.8. The van der Waals surface area contributed by atoms with Crippen molar-refractivity contribution in [2.45, 2.75) is 26.3 Å². The van der Waals surface area contributed by atoms with E-state index in [2.05, 4.69) is 44.6 Å². The van der Waals surface area contributed by atoms with Gasteiger partial charge in [0.05, 0.1) is 24.1 Å². The van der Waals surface area contributed by atoms with Crippen LogP contribution in [0, 0.1) is 17.8 Å². The average Bonchev–Trinajstić information content (AvgIpc) is 3.23. The monoisotopic (exact) mass is 596 g/mol. The summed E-state index contributed by atoms with van der Waals surface area (Å²) in [5.74, 6) is 0.581. The van der Waals surface area contributed by atoms with Gasteiger partial charge in [0.25, 0.3) is 0 Å². The Bertz CT molecular complexity index is 1030. The Morgan fingerprint density at radius 2 is 1.94 bits per heavy atom. The molecule has 0 radical (unpaired) electrons. The summed E-state index contributed by atoms with van der Waals surface area (Å²) in [6.07, 6.45) is 1.11. The molecule has 0 N–H and O–H groups in total. The number of nitrogens with zero attached hydrogens (tertiary/aromatic N) is 2. The third-order valence-corrected chi connectivity index (χ3v) is 8.95. The summed E-state index contributed by atoms with van der Waals surface area (Å²) in [5, 5.41) is 0.707. The highest BCUT2D eigenvalue weighted by Crippen LogP contribution is 2.54. The first-order valence-electron chi connectivity index (χ1n) is 11.0. The van der Waals surface area contributed by atoms with Gasteiger partial charge in [-0.3, -0.25) is 14.5 Å². The number of imide groups is 1. The van der Waals surface area contributed by atoms with Crippen LogP contribution in [-0.4, -0.2) is 29.8 Å². The van der Waals surface area contributed by atoms with Crippen LogP contribution in [0.1, 0.15) is 31.9 Å². The van der Waals surface area contributed by atoms with Gasteiger partial charge in [0.2, 0.25) is 12.3 Å². The summed E-state index contributed by atoms with van der Waals surface area (Å²) in [7, 11) is 1.67. The zero-order chi connectivity index (χ0) is 23.5. The summed E-state index contributed by atoms with van der Waals surface area (Å²) < 4.78 is 8.52. The highest BCUT2D eigenvalue weighted by molar-refractivity contribution is 14.2. The maximum atomic E-state index is 13.6. The first kappa shape index (κ1) is 24.6. The number of carbonyl (C=O) groups is 2. The molecule has 1 saturated heterocycles. The van der Waals surface area contributed by atoms with Crippen molar-refractivity contribution in [1.29, 1.82) is 0 Å². The maximum Gasteiger partial charge on any atom is 0.237 e. The lowest BCUT2D eigenvalue weighted by Crippen LogP contribution is -2.42. The van der Waals surface area contributed by atoms with Crippen LogP contribution in [0.2, 0.25) is 5.02 Å². The molecule has 0 bridgehead atoms. The van der Waals surface area contributed by atoms with Crippen LogP contribution in [-0.2, 0) is 14.3 Å². The van der Waals surface area contributed by atoms with Crippen LogP contribution < -0.4 is 4.90 Å². The van der Waals surface area contributed by atoms with Crippen LogP contribution >= 0.6 is 41.9 Å². The second-order valence-electron chi connectivity index (χ2n) is 8.36. The number of anilines is 1. The quantitative estimate of drug-likeness (QED) is 0.209. The molecule has 0 saturated carbocycles. The summed E-state index contributed by atoms with van der Waals surface area (Å²) in [6.45, 7) is 5.44. The second-order valence-corrected chi connectivity index (χ2v) is 10.6. The smallest absolute Gasteiger partial charge is 0.237 e. The van der Waals surface area contributed by atoms with Crippen molar-refractivity contribution in [3.63, 3.8) is 0 Å². The third kappa shape index (κ3) is 4.83. The molecule has 5 nitrogen and oxygen atoms in total. The number of benzene rings is 2. The van der Waals surface area contributed by atoms with Crippen LogP contribution in [0.5, 0.6) is 0 Å². The molecule has 8 heteroatoms. The van der Waals surface area contributed by atoms with Crippen molar-refractivity contribution in [2.24, 2.45) is 17.8 Å². The zero-order valence-corrected chi connectivity index (χ0v) is 22.2. The minimum Gasteiger partial charge on any atom is -0.498 e. The molecular formula is C25H26ClIN2O3S. The molecule has 4 rings (SSSR count). The Kier molecular flexibility index (Phi) is 8.04. The van der Waals surface area contributed by atoms with Crippen LogP contribution in [0.15, 0.2) is 65.9 Å². The van der Waals surface area contributed by atoms with E-state index in [1.165, 1.54) is 10.5 Å². The maximum absolute atomic E-state index is 13.6. The minimum absolute atomic E-state index is 0.0607. The fourth-order valence-electron chi connectivity index (χ4n) is 5.04. The Morgan fingerprint density at radius 1 is 1.24 bits per heavy atom. The molecule has 1 aliphatic carbocycles. The molecule has 2 aromatic carbocycles. The molecule has 33 heavy (non-hydrogen) atoms. The van der Waals surface area contributed by atoms with E-state index in [-0.39, 0.29) is 29.7 Å². The number of hydrogen-bond donors (Lipinski definition) is 0. The van der Waals surface area contributed by atoms with E-state index in [4.69, 9.17) is 16.3 Å². The molecule has 2 amide bonds. The number of halogens is 2. The van der Waals surface area contributed by atoms with Crippen molar-refractivity contribution >= 4 is 59.9 Å². The summed E-state index contributed by atoms with van der Waals surface area (Å²) in [6, 6.07) is 17.1. The molecule has 4 unspecified atom stereocenters. The van der Waals surface area contributed by atoms with Gasteiger partial charge in [-0.2, -0.15) is 0 Å². The van der Waals surface area contributed by atoms with Crippen LogP contribution in [0.4, 0.5) is 5.69 Å². The highest BCUT2D eigenvalue weighted by atomic mass is 127. The van der Waals surface area contributed by atoms with E-state index in [0.717, 1.165) is 17.9 Å². The third-order valence-electron chi connectivity index (χ3n) is 6.64. The number of hydrogen-bond acceptors (Lipinski definition) is 5. The first-order valence-corrected chi connectivity index (χ1v) is 14.7. The molecule has 174 valence electrons. The lowest BCUT2D eigenvalue weighted by molar-refractivity contribution is -0.127. The number of allylic oxidation sites excluding steroid dienone is 1. The van der Waals surface area contributed by atoms with E-state index < -0.39 is 0 Å². The van der Waals surface area contributed by atoms with Gasteiger partial charge in [0, 0.05) is 51.0 Å². The molecule has 0 aromatic heterocycles. The topological polar surface area (TPSA) is 49.9 Å². The SMILES string of the molecule is CCOC1=C2C(CN(SI)C2c2ccc(Cl)cc2)C(C)C(C(=O)N(C=O)c2ccccc2)C1. The lowest BCUT2D eigenvalue weighted by Gasteiger charge is -2.37. The van der Waals surface area contributed by atoms with Crippen LogP contribution in [0.3, 0.4) is 0 Å². The van der Waals surface area contributed by atoms with Gasteiger partial charge in [-0.25, -0.2) is 4.31 Å². The van der Waals surface area contributed by atoms with E-state index in [9.17, 15) is 9.59 Å². The Balaban J connectivity index is 1.73. The van der Waals surface area contributed by atoms with Crippen molar-refractivity contribution in [2.75, 3.05) is 18.1 Å². The number of para-hydroxylation sites is 1. The average molecular weight is 597 g/mol. The predicted molar refractivity (Wildman–Crippen MR) is 142 cm³/mol. The van der Waals surface area contributed by atoms with E-state index in [1.807, 2.05) is 37.3 Å². The highest BCUT2D eigenvalue weighted by Gasteiger charge is 2.50. The number of fused-ring (bicyclic) bond motifs is 1. The molecular weight excluding hydrogens is 571 g/mol. The molecule has 2 aromatic rings. The van der Waals surface area contributed by atoms with Gasteiger partial charge in [0.15, 0.2) is 0 Å². The Morgan fingerprint density at radius 3 is 2.55 bits per heavy atom. The van der Waals surface area contributed by atoms with Crippen molar-refractivity contribution in [1.82, 2.24) is 4.31 Å². The largest absolute Gasteiger partial charge is 0.498 e. The number of amides is 2. The van der Waals surface area contributed by atoms with Gasteiger partial charge in [-0.05, 0) is 57.4 Å². The first-order chi connectivity index (χ1) is 16.0. The standard InChI is InChI=1S/C25H26ClIN2O3S/c1-3-32-22-13-20(25(31)28(15-30)19-7-5-4-6-8-19)16(2)21-14-29(33-27)24(23(21)22)17-9-11-18(26)12-10-17/h4-12,15-16,20-21,24H,3,13-14H2,1-2H3. The fourth-order valence-corrected chi connectivity index (χ4v) is 6.87. The predicted octanol–water partition coefficient (Wildman–Crippen LogP) is 6.45. The number of ether oxygens (including phenoxy) is 1. The molecule has 1 heterocycles. The molecule has 4 atom stereocenters. The molecule has 2 aliphatic rings. The lowest BCUT2D eigenvalue weighted by atomic mass is 9.70. The van der Waals surface area contributed by atoms with E-state index >= 15 is 0 Å². The Hall–Kier alpha value is -1.55. The van der Waals surface area contributed by atoms with Gasteiger partial charge >= 0.3 is 0 Å². The minimum atomic E-state index is -0.337. The van der Waals surface area contributed by atoms with Crippen molar-refractivity contribution < 1.29 is 14.3 Å². The molecule has 1 fully saturated rings. The van der Waals surface area contributed by atoms with Crippen molar-refractivity contribution in [3.8, 4) is 0 Å². The molecule has 1 aliphatic heterocycles. The Labute approximate surface area is 216 Å². The van der Waals surface area contributed by atoms with Gasteiger partial charge in [-0.15, -0.1) is 0 Å². The summed E-state index contributed by atoms with van der Waals surface area (Å²) >= 11 is 8.47. The van der Waals surface area contributed by atoms with Crippen LogP contribution in [0.25, 0.3) is 0 Å². The molecule has 0 spiro atoms. The van der Waals surface area contributed by atoms with Crippen molar-refractivity contribution in [3.05, 3.63) is 76.5 Å². The van der Waals surface area contributed by atoms with E-state index in [1.54, 1.807) is 21.3 Å². The van der Waals surface area contributed by atoms with E-state index in [0.29, 0.717) is 30.1 Å². The number of rotatable bonds is 7. The fraction of sp³-hybridized carbons (Fsp3) is 0.360.